The first-order valence-corrected chi connectivity index (χ1v) is 24.9. The van der Waals surface area contributed by atoms with E-state index in [1.54, 1.807) is 25.7 Å². The molecule has 3 aliphatic heterocycles. The van der Waals surface area contributed by atoms with E-state index in [0.29, 0.717) is 64.2 Å². The van der Waals surface area contributed by atoms with Crippen molar-refractivity contribution < 1.29 is 27.7 Å². The van der Waals surface area contributed by atoms with Crippen LogP contribution in [0.3, 0.4) is 0 Å². The molecule has 63 heavy (non-hydrogen) atoms. The standard InChI is InChI=1S/C46H53BrF2N9O4P/c1-5-62-40-25-39(28(2)22-37(40)53-46-51-26-33(47)44(55-46)52-38-27-50-36-9-7-6-8-31(36)43(38)63(3,4)61)58-16-13-30(14-17-58)57-20-18-56(19-21-57)15-12-29-23-34(48)42(35(49)24-29)32-10-11-41(59)54-45(32)60/h6-9,22-27,30,32H,5,10-21H2,1-4H3,(H,54,59,60)(H2,51,52,53,55). The third-order valence-electron chi connectivity index (χ3n) is 12.3. The Labute approximate surface area is 374 Å². The van der Waals surface area contributed by atoms with Crippen molar-refractivity contribution in [3.63, 3.8) is 0 Å². The molecule has 0 spiro atoms. The lowest BCUT2D eigenvalue weighted by atomic mass is 9.89. The number of pyridine rings is 1. The Morgan fingerprint density at radius 3 is 2.35 bits per heavy atom. The van der Waals surface area contributed by atoms with Crippen molar-refractivity contribution >= 4 is 79.9 Å². The van der Waals surface area contributed by atoms with Crippen molar-refractivity contribution in [1.29, 1.82) is 0 Å². The molecule has 5 heterocycles. The number of nitrogens with one attached hydrogen (secondary N) is 3. The van der Waals surface area contributed by atoms with Gasteiger partial charge in [-0.25, -0.2) is 13.8 Å². The number of carbonyl (C=O) groups is 2. The van der Waals surface area contributed by atoms with Crippen molar-refractivity contribution in [2.75, 3.05) is 81.3 Å². The fourth-order valence-electron chi connectivity index (χ4n) is 9.15. The zero-order valence-electron chi connectivity index (χ0n) is 36.0. The van der Waals surface area contributed by atoms with Gasteiger partial charge >= 0.3 is 0 Å². The zero-order valence-corrected chi connectivity index (χ0v) is 38.5. The van der Waals surface area contributed by atoms with E-state index in [9.17, 15) is 14.2 Å². The Morgan fingerprint density at radius 1 is 0.921 bits per heavy atom. The molecule has 3 fully saturated rings. The van der Waals surface area contributed by atoms with Gasteiger partial charge in [-0.2, -0.15) is 4.98 Å². The summed E-state index contributed by atoms with van der Waals surface area (Å²) < 4.78 is 50.6. The normalized spacial score (nSPS) is 18.1. The summed E-state index contributed by atoms with van der Waals surface area (Å²) >= 11 is 3.59. The molecule has 0 bridgehead atoms. The molecule has 0 saturated carbocycles. The third-order valence-corrected chi connectivity index (χ3v) is 14.4. The molecule has 3 N–H and O–H groups in total. The van der Waals surface area contributed by atoms with E-state index >= 15 is 8.78 Å². The van der Waals surface area contributed by atoms with Gasteiger partial charge in [-0.3, -0.25) is 24.8 Å². The summed E-state index contributed by atoms with van der Waals surface area (Å²) in [6.45, 7) is 14.2. The molecule has 2 aromatic heterocycles. The van der Waals surface area contributed by atoms with E-state index in [1.807, 2.05) is 31.2 Å². The number of anilines is 5. The van der Waals surface area contributed by atoms with Gasteiger partial charge in [0.15, 0.2) is 0 Å². The number of amides is 2. The number of para-hydroxylation sites is 1. The maximum absolute atomic E-state index is 15.1. The van der Waals surface area contributed by atoms with E-state index in [1.165, 1.54) is 12.1 Å². The van der Waals surface area contributed by atoms with Crippen LogP contribution in [0.5, 0.6) is 5.75 Å². The fourth-order valence-corrected chi connectivity index (χ4v) is 10.9. The number of aromatic nitrogens is 3. The molecule has 5 aromatic rings. The highest BCUT2D eigenvalue weighted by Crippen LogP contribution is 2.42. The fraction of sp³-hybridized carbons (Fsp3) is 0.413. The number of halogens is 3. The maximum Gasteiger partial charge on any atom is 0.234 e. The second-order valence-corrected chi connectivity index (χ2v) is 20.9. The molecular weight excluding hydrogens is 891 g/mol. The molecule has 3 aliphatic rings. The minimum absolute atomic E-state index is 0.0644. The van der Waals surface area contributed by atoms with Crippen LogP contribution < -0.4 is 30.9 Å². The first-order valence-electron chi connectivity index (χ1n) is 21.6. The van der Waals surface area contributed by atoms with Gasteiger partial charge in [0.1, 0.15) is 30.3 Å². The number of piperidine rings is 2. The summed E-state index contributed by atoms with van der Waals surface area (Å²) in [4.78, 5) is 45.1. The second-order valence-electron chi connectivity index (χ2n) is 16.9. The number of imide groups is 1. The largest absolute Gasteiger partial charge is 0.492 e. The maximum atomic E-state index is 15.1. The van der Waals surface area contributed by atoms with Gasteiger partial charge in [-0.15, -0.1) is 0 Å². The SMILES string of the molecule is CCOc1cc(N2CCC(N3CCN(CCc4cc(F)c(C5CCC(=O)NC5=O)c(F)c4)CC3)CC2)c(C)cc1Nc1ncc(Br)c(Nc2cnc3ccccc3c2P(C)(C)=O)n1. The lowest BCUT2D eigenvalue weighted by molar-refractivity contribution is -0.134. The second kappa shape index (κ2) is 19.0. The number of hydrogen-bond acceptors (Lipinski definition) is 12. The van der Waals surface area contributed by atoms with Gasteiger partial charge in [0.2, 0.25) is 17.8 Å². The molecule has 17 heteroatoms. The summed E-state index contributed by atoms with van der Waals surface area (Å²) in [6.07, 6.45) is 6.11. The minimum Gasteiger partial charge on any atom is -0.492 e. The van der Waals surface area contributed by atoms with Crippen LogP contribution in [-0.4, -0.2) is 108 Å². The van der Waals surface area contributed by atoms with E-state index in [0.717, 1.165) is 80.0 Å². The Hall–Kier alpha value is -5.02. The van der Waals surface area contributed by atoms with Crippen molar-refractivity contribution in [3.05, 3.63) is 93.7 Å². The number of ether oxygens (including phenoxy) is 1. The van der Waals surface area contributed by atoms with Crippen molar-refractivity contribution in [2.24, 2.45) is 0 Å². The molecule has 1 atom stereocenters. The van der Waals surface area contributed by atoms with Crippen LogP contribution in [0.25, 0.3) is 10.9 Å². The summed E-state index contributed by atoms with van der Waals surface area (Å²) in [6, 6.07) is 15.0. The smallest absolute Gasteiger partial charge is 0.234 e. The number of rotatable bonds is 13. The average Bonchev–Trinajstić information content (AvgIpc) is 3.25. The van der Waals surface area contributed by atoms with Crippen LogP contribution in [0.15, 0.2) is 65.4 Å². The van der Waals surface area contributed by atoms with Gasteiger partial charge in [-0.1, -0.05) is 18.2 Å². The van der Waals surface area contributed by atoms with E-state index < -0.39 is 36.5 Å². The molecule has 3 aromatic carbocycles. The van der Waals surface area contributed by atoms with Gasteiger partial charge in [0.05, 0.1) is 40.1 Å². The van der Waals surface area contributed by atoms with Crippen molar-refractivity contribution in [3.8, 4) is 5.75 Å². The van der Waals surface area contributed by atoms with Crippen LogP contribution in [-0.2, 0) is 20.6 Å². The molecular formula is C46H53BrF2N9O4P. The Balaban J connectivity index is 0.865. The highest BCUT2D eigenvalue weighted by molar-refractivity contribution is 9.10. The average molecular weight is 945 g/mol. The van der Waals surface area contributed by atoms with E-state index in [-0.39, 0.29) is 18.4 Å². The topological polar surface area (TPSA) is 145 Å². The number of aryl methyl sites for hydroxylation is 1. The summed E-state index contributed by atoms with van der Waals surface area (Å²) in [5.74, 6) is -1.96. The molecule has 8 rings (SSSR count). The molecule has 0 aliphatic carbocycles. The molecule has 2 amide bonds. The molecule has 0 radical (unpaired) electrons. The van der Waals surface area contributed by atoms with Crippen molar-refractivity contribution in [2.45, 2.75) is 57.9 Å². The van der Waals surface area contributed by atoms with Crippen molar-refractivity contribution in [1.82, 2.24) is 30.1 Å². The number of benzene rings is 3. The number of fused-ring (bicyclic) bond motifs is 1. The summed E-state index contributed by atoms with van der Waals surface area (Å²) in [7, 11) is -2.72. The predicted molar refractivity (Wildman–Crippen MR) is 248 cm³/mol. The summed E-state index contributed by atoms with van der Waals surface area (Å²) in [5, 5.41) is 10.5. The first-order chi connectivity index (χ1) is 30.2. The highest BCUT2D eigenvalue weighted by Gasteiger charge is 2.33. The lowest BCUT2D eigenvalue weighted by Crippen LogP contribution is -2.53. The Kier molecular flexibility index (Phi) is 13.4. The van der Waals surface area contributed by atoms with Crippen LogP contribution in [0.4, 0.5) is 37.6 Å². The van der Waals surface area contributed by atoms with Crippen LogP contribution in [0.2, 0.25) is 0 Å². The lowest BCUT2D eigenvalue weighted by Gasteiger charge is -2.43. The monoisotopic (exact) mass is 943 g/mol. The van der Waals surface area contributed by atoms with Gasteiger partial charge in [-0.05, 0) is 104 Å². The molecule has 13 nitrogen and oxygen atoms in total. The van der Waals surface area contributed by atoms with E-state index in [2.05, 4.69) is 75.6 Å². The minimum atomic E-state index is -2.72. The zero-order chi connectivity index (χ0) is 44.4. The molecule has 3 saturated heterocycles. The van der Waals surface area contributed by atoms with E-state index in [4.69, 9.17) is 9.72 Å². The number of nitrogens with zero attached hydrogens (tertiary/aromatic N) is 6. The molecule has 1 unspecified atom stereocenters. The molecule has 332 valence electrons. The first kappa shape index (κ1) is 44.6. The summed E-state index contributed by atoms with van der Waals surface area (Å²) in [5.41, 5.74) is 4.68. The van der Waals surface area contributed by atoms with Gasteiger partial charge in [0, 0.05) is 92.5 Å². The van der Waals surface area contributed by atoms with Gasteiger partial charge < -0.3 is 29.7 Å². The van der Waals surface area contributed by atoms with Gasteiger partial charge in [0.25, 0.3) is 0 Å². The number of carbonyl (C=O) groups excluding carboxylic acids is 2. The predicted octanol–water partition coefficient (Wildman–Crippen LogP) is 7.86. The number of piperazine rings is 1. The van der Waals surface area contributed by atoms with Crippen LogP contribution in [0.1, 0.15) is 55.2 Å². The highest BCUT2D eigenvalue weighted by atomic mass is 79.9. The third kappa shape index (κ3) is 10.0. The van der Waals surface area contributed by atoms with Crippen LogP contribution >= 0.6 is 23.1 Å². The quantitative estimate of drug-likeness (QED) is 0.0781. The Bertz CT molecular complexity index is 2560. The Morgan fingerprint density at radius 2 is 1.65 bits per heavy atom. The number of hydrogen-bond donors (Lipinski definition) is 3. The van der Waals surface area contributed by atoms with Crippen LogP contribution in [0, 0.1) is 18.6 Å².